The van der Waals surface area contributed by atoms with Gasteiger partial charge in [0.25, 0.3) is 0 Å². The second-order valence-corrected chi connectivity index (χ2v) is 7.68. The zero-order chi connectivity index (χ0) is 17.8. The van der Waals surface area contributed by atoms with Crippen LogP contribution in [0.1, 0.15) is 52.5 Å². The van der Waals surface area contributed by atoms with Crippen LogP contribution in [0.4, 0.5) is 0 Å². The maximum Gasteiger partial charge on any atom is 0.351 e. The molecular formula is C19H32NO3P. The zero-order valence-electron chi connectivity index (χ0n) is 15.5. The third-order valence-electron chi connectivity index (χ3n) is 3.73. The number of benzene rings is 1. The first-order valence-electron chi connectivity index (χ1n) is 8.96. The average molecular weight is 353 g/mol. The summed E-state index contributed by atoms with van der Waals surface area (Å²) < 4.78 is 24.6. The molecule has 24 heavy (non-hydrogen) atoms. The highest BCUT2D eigenvalue weighted by Crippen LogP contribution is 2.54. The lowest BCUT2D eigenvalue weighted by Crippen LogP contribution is -2.32. The van der Waals surface area contributed by atoms with Gasteiger partial charge in [0.15, 0.2) is 0 Å². The van der Waals surface area contributed by atoms with Crippen molar-refractivity contribution in [2.24, 2.45) is 0 Å². The molecule has 0 saturated carbocycles. The molecule has 0 fully saturated rings. The molecule has 0 amide bonds. The molecule has 1 aromatic carbocycles. The van der Waals surface area contributed by atoms with Crippen LogP contribution in [0.2, 0.25) is 0 Å². The van der Waals surface area contributed by atoms with Gasteiger partial charge in [-0.15, -0.1) is 0 Å². The minimum atomic E-state index is -3.26. The van der Waals surface area contributed by atoms with Crippen LogP contribution in [0, 0.1) is 0 Å². The lowest BCUT2D eigenvalue weighted by atomic mass is 10.1. The van der Waals surface area contributed by atoms with Crippen molar-refractivity contribution in [3.63, 3.8) is 0 Å². The largest absolute Gasteiger partial charge is 0.351 e. The smallest absolute Gasteiger partial charge is 0.308 e. The molecule has 0 spiro atoms. The van der Waals surface area contributed by atoms with Crippen molar-refractivity contribution in [3.05, 3.63) is 47.5 Å². The molecule has 0 bridgehead atoms. The Hall–Kier alpha value is -0.930. The van der Waals surface area contributed by atoms with E-state index in [1.54, 1.807) is 0 Å². The predicted octanol–water partition coefficient (Wildman–Crippen LogP) is 5.50. The first-order chi connectivity index (χ1) is 11.6. The highest BCUT2D eigenvalue weighted by Gasteiger charge is 2.37. The molecule has 1 aromatic rings. The number of rotatable bonds is 12. The van der Waals surface area contributed by atoms with Crippen molar-refractivity contribution in [2.45, 2.75) is 59.3 Å². The van der Waals surface area contributed by atoms with Gasteiger partial charge >= 0.3 is 7.60 Å². The predicted molar refractivity (Wildman–Crippen MR) is 101 cm³/mol. The Kier molecular flexibility index (Phi) is 10.2. The van der Waals surface area contributed by atoms with Crippen LogP contribution in [-0.4, -0.2) is 19.0 Å². The van der Waals surface area contributed by atoms with E-state index < -0.39 is 13.4 Å². The molecular weight excluding hydrogens is 321 g/mol. The van der Waals surface area contributed by atoms with E-state index in [2.05, 4.69) is 37.4 Å². The van der Waals surface area contributed by atoms with Crippen LogP contribution in [0.3, 0.4) is 0 Å². The van der Waals surface area contributed by atoms with Crippen LogP contribution in [-0.2, 0) is 20.2 Å². The fourth-order valence-electron chi connectivity index (χ4n) is 2.58. The molecule has 1 atom stereocenters. The summed E-state index contributed by atoms with van der Waals surface area (Å²) in [7, 11) is -3.26. The molecule has 0 saturated heterocycles. The Morgan fingerprint density at radius 3 is 2.25 bits per heavy atom. The monoisotopic (exact) mass is 353 g/mol. The lowest BCUT2D eigenvalue weighted by molar-refractivity contribution is 0.210. The van der Waals surface area contributed by atoms with Crippen LogP contribution in [0.5, 0.6) is 0 Å². The number of allylic oxidation sites excluding steroid dienone is 1. The molecule has 0 heterocycles. The first-order valence-corrected chi connectivity index (χ1v) is 10.6. The van der Waals surface area contributed by atoms with Crippen LogP contribution in [0.15, 0.2) is 42.0 Å². The van der Waals surface area contributed by atoms with Gasteiger partial charge in [-0.1, -0.05) is 56.7 Å². The fraction of sp³-hybridized carbons (Fsp3) is 0.579. The van der Waals surface area contributed by atoms with E-state index in [1.807, 2.05) is 32.0 Å². The van der Waals surface area contributed by atoms with E-state index in [1.165, 1.54) is 0 Å². The molecule has 1 unspecified atom stereocenters. The molecule has 0 aliphatic heterocycles. The maximum atomic E-state index is 13.4. The van der Waals surface area contributed by atoms with E-state index in [0.29, 0.717) is 19.8 Å². The summed E-state index contributed by atoms with van der Waals surface area (Å²) in [6, 6.07) is 10.1. The third kappa shape index (κ3) is 6.52. The number of hydrogen-bond acceptors (Lipinski definition) is 4. The van der Waals surface area contributed by atoms with Gasteiger partial charge in [-0.2, -0.15) is 0 Å². The van der Waals surface area contributed by atoms with Gasteiger partial charge in [0.05, 0.1) is 13.2 Å². The second-order valence-electron chi connectivity index (χ2n) is 5.57. The third-order valence-corrected chi connectivity index (χ3v) is 6.11. The summed E-state index contributed by atoms with van der Waals surface area (Å²) in [5.41, 5.74) is 2.24. The Balaban J connectivity index is 3.06. The van der Waals surface area contributed by atoms with Crippen molar-refractivity contribution in [3.8, 4) is 0 Å². The molecule has 136 valence electrons. The van der Waals surface area contributed by atoms with E-state index in [9.17, 15) is 4.57 Å². The molecule has 4 nitrogen and oxygen atoms in total. The summed E-state index contributed by atoms with van der Waals surface area (Å²) in [4.78, 5) is 0. The van der Waals surface area contributed by atoms with Gasteiger partial charge in [-0.25, -0.2) is 0 Å². The van der Waals surface area contributed by atoms with E-state index in [-0.39, 0.29) is 0 Å². The van der Waals surface area contributed by atoms with Crippen molar-refractivity contribution in [1.29, 1.82) is 0 Å². The summed E-state index contributed by atoms with van der Waals surface area (Å²) in [5, 5.41) is 3.42. The molecule has 0 aliphatic rings. The standard InChI is InChI=1S/C19H32NO3P/c1-5-9-15-18(6-2)19(24(21,22-7-3)23-8-4)20-16-17-13-11-10-12-14-17/h10-15,19-20H,5-9,16H2,1-4H3/b18-15+. The summed E-state index contributed by atoms with van der Waals surface area (Å²) in [5.74, 6) is -0.408. The fourth-order valence-corrected chi connectivity index (χ4v) is 4.68. The minimum absolute atomic E-state index is 0.367. The van der Waals surface area contributed by atoms with Gasteiger partial charge in [0.2, 0.25) is 0 Å². The molecule has 1 N–H and O–H groups in total. The lowest BCUT2D eigenvalue weighted by Gasteiger charge is -2.29. The summed E-state index contributed by atoms with van der Waals surface area (Å²) in [6.07, 6.45) is 5.01. The van der Waals surface area contributed by atoms with E-state index in [0.717, 1.165) is 30.4 Å². The first kappa shape index (κ1) is 21.1. The normalized spacial score (nSPS) is 13.9. The summed E-state index contributed by atoms with van der Waals surface area (Å²) >= 11 is 0. The number of nitrogens with one attached hydrogen (secondary N) is 1. The highest BCUT2D eigenvalue weighted by molar-refractivity contribution is 7.54. The number of unbranched alkanes of at least 4 members (excludes halogenated alkanes) is 1. The zero-order valence-corrected chi connectivity index (χ0v) is 16.4. The Morgan fingerprint density at radius 1 is 1.12 bits per heavy atom. The minimum Gasteiger partial charge on any atom is -0.308 e. The van der Waals surface area contributed by atoms with E-state index >= 15 is 0 Å². The average Bonchev–Trinajstić information content (AvgIpc) is 2.59. The van der Waals surface area contributed by atoms with Crippen molar-refractivity contribution < 1.29 is 13.6 Å². The molecule has 5 heteroatoms. The van der Waals surface area contributed by atoms with Crippen molar-refractivity contribution >= 4 is 7.60 Å². The van der Waals surface area contributed by atoms with Gasteiger partial charge in [0, 0.05) is 6.54 Å². The molecule has 0 aromatic heterocycles. The molecule has 1 rings (SSSR count). The quantitative estimate of drug-likeness (QED) is 0.398. The van der Waals surface area contributed by atoms with Crippen molar-refractivity contribution in [2.75, 3.05) is 13.2 Å². The maximum absolute atomic E-state index is 13.4. The van der Waals surface area contributed by atoms with Gasteiger partial charge in [-0.05, 0) is 37.8 Å². The topological polar surface area (TPSA) is 47.6 Å². The highest BCUT2D eigenvalue weighted by atomic mass is 31.2. The Bertz CT molecular complexity index is 521. The van der Waals surface area contributed by atoms with E-state index in [4.69, 9.17) is 9.05 Å². The van der Waals surface area contributed by atoms with Crippen molar-refractivity contribution in [1.82, 2.24) is 5.32 Å². The van der Waals surface area contributed by atoms with Gasteiger partial charge in [0.1, 0.15) is 5.78 Å². The molecule has 0 aliphatic carbocycles. The molecule has 0 radical (unpaired) electrons. The SMILES string of the molecule is CCC/C=C(\CC)C(NCc1ccccc1)P(=O)(OCC)OCC. The van der Waals surface area contributed by atoms with Crippen LogP contribution < -0.4 is 5.32 Å². The van der Waals surface area contributed by atoms with Gasteiger partial charge < -0.3 is 9.05 Å². The second kappa shape index (κ2) is 11.6. The Morgan fingerprint density at radius 2 is 1.75 bits per heavy atom. The van der Waals surface area contributed by atoms with Crippen LogP contribution in [0.25, 0.3) is 0 Å². The van der Waals surface area contributed by atoms with Gasteiger partial charge in [-0.3, -0.25) is 9.88 Å². The number of hydrogen-bond donors (Lipinski definition) is 1. The van der Waals surface area contributed by atoms with Crippen LogP contribution >= 0.6 is 7.60 Å². The summed E-state index contributed by atoms with van der Waals surface area (Å²) in [6.45, 7) is 9.28. The Labute approximate surface area is 147 Å².